The Kier molecular flexibility index (Phi) is 2.99. The second-order valence-corrected chi connectivity index (χ2v) is 8.53. The van der Waals surface area contributed by atoms with Crippen LogP contribution < -0.4 is 5.32 Å². The molecule has 4 nitrogen and oxygen atoms in total. The lowest BCUT2D eigenvalue weighted by Crippen LogP contribution is -2.51. The average Bonchev–Trinajstić information content (AvgIpc) is 2.96. The molecule has 0 spiro atoms. The van der Waals surface area contributed by atoms with Gasteiger partial charge in [0.25, 0.3) is 0 Å². The van der Waals surface area contributed by atoms with Crippen molar-refractivity contribution < 1.29 is 8.42 Å². The topological polar surface area (TPSA) is 59.1 Å². The maximum Gasteiger partial charge on any atom is 0.152 e. The molecule has 1 saturated carbocycles. The number of sulfone groups is 1. The fraction of sp³-hybridized carbons (Fsp3) is 0.750. The molecule has 18 heavy (non-hydrogen) atoms. The molecule has 1 unspecified atom stereocenters. The van der Waals surface area contributed by atoms with Gasteiger partial charge < -0.3 is 5.32 Å². The highest BCUT2D eigenvalue weighted by atomic mass is 32.2. The monoisotopic (exact) mass is 286 g/mol. The quantitative estimate of drug-likeness (QED) is 0.917. The lowest BCUT2D eigenvalue weighted by atomic mass is 9.96. The van der Waals surface area contributed by atoms with Crippen LogP contribution >= 0.6 is 11.3 Å². The first-order valence-electron chi connectivity index (χ1n) is 6.40. The number of rotatable bonds is 3. The summed E-state index contributed by atoms with van der Waals surface area (Å²) in [5.41, 5.74) is 0.562. The molecule has 0 bridgehead atoms. The maximum atomic E-state index is 12.0. The highest BCUT2D eigenvalue weighted by molar-refractivity contribution is 7.91. The largest absolute Gasteiger partial charge is 0.302 e. The van der Waals surface area contributed by atoms with E-state index in [-0.39, 0.29) is 5.75 Å². The van der Waals surface area contributed by atoms with Gasteiger partial charge in [0.1, 0.15) is 5.01 Å². The van der Waals surface area contributed by atoms with Crippen LogP contribution in [0.3, 0.4) is 0 Å². The fourth-order valence-corrected chi connectivity index (χ4v) is 5.58. The Bertz CT molecular complexity index is 548. The molecule has 2 fully saturated rings. The zero-order chi connectivity index (χ0) is 12.8. The highest BCUT2D eigenvalue weighted by Crippen LogP contribution is 2.37. The first-order valence-corrected chi connectivity index (χ1v) is 9.10. The molecule has 6 heteroatoms. The van der Waals surface area contributed by atoms with Crippen molar-refractivity contribution in [2.75, 3.05) is 11.5 Å². The average molecular weight is 286 g/mol. The molecule has 3 rings (SSSR count). The first-order chi connectivity index (χ1) is 8.49. The van der Waals surface area contributed by atoms with Crippen molar-refractivity contribution in [3.63, 3.8) is 0 Å². The van der Waals surface area contributed by atoms with E-state index >= 15 is 0 Å². The van der Waals surface area contributed by atoms with Crippen LogP contribution in [0.4, 0.5) is 0 Å². The van der Waals surface area contributed by atoms with Gasteiger partial charge in [-0.05, 0) is 32.6 Å². The summed E-state index contributed by atoms with van der Waals surface area (Å²) >= 11 is 1.59. The van der Waals surface area contributed by atoms with Gasteiger partial charge >= 0.3 is 0 Å². The Morgan fingerprint density at radius 1 is 1.50 bits per heavy atom. The Labute approximate surface area is 112 Å². The highest BCUT2D eigenvalue weighted by Gasteiger charge is 2.45. The van der Waals surface area contributed by atoms with Crippen molar-refractivity contribution in [2.24, 2.45) is 0 Å². The van der Waals surface area contributed by atoms with Gasteiger partial charge in [-0.25, -0.2) is 13.4 Å². The zero-order valence-electron chi connectivity index (χ0n) is 10.5. The minimum Gasteiger partial charge on any atom is -0.302 e. The van der Waals surface area contributed by atoms with Gasteiger partial charge in [-0.1, -0.05) is 0 Å². The molecule has 1 aromatic heterocycles. The van der Waals surface area contributed by atoms with Gasteiger partial charge in [-0.15, -0.1) is 11.3 Å². The van der Waals surface area contributed by atoms with Crippen molar-refractivity contribution in [3.05, 3.63) is 16.1 Å². The summed E-state index contributed by atoms with van der Waals surface area (Å²) in [6.07, 6.45) is 3.94. The predicted molar refractivity (Wildman–Crippen MR) is 72.6 cm³/mol. The molecule has 1 aliphatic heterocycles. The smallest absolute Gasteiger partial charge is 0.152 e. The number of hydrogen-bond acceptors (Lipinski definition) is 5. The van der Waals surface area contributed by atoms with Crippen molar-refractivity contribution >= 4 is 21.2 Å². The Hall–Kier alpha value is -0.460. The van der Waals surface area contributed by atoms with Crippen LogP contribution in [0.25, 0.3) is 0 Å². The minimum atomic E-state index is -2.94. The summed E-state index contributed by atoms with van der Waals surface area (Å²) in [4.78, 5) is 4.54. The summed E-state index contributed by atoms with van der Waals surface area (Å²) in [5, 5.41) is 6.52. The third kappa shape index (κ3) is 2.46. The van der Waals surface area contributed by atoms with Gasteiger partial charge in [0, 0.05) is 17.1 Å². The summed E-state index contributed by atoms with van der Waals surface area (Å²) in [6, 6.07) is 0.488. The summed E-state index contributed by atoms with van der Waals surface area (Å²) in [7, 11) is -2.94. The van der Waals surface area contributed by atoms with E-state index in [1.54, 1.807) is 11.3 Å². The van der Waals surface area contributed by atoms with Crippen molar-refractivity contribution in [3.8, 4) is 0 Å². The van der Waals surface area contributed by atoms with Gasteiger partial charge in [-0.3, -0.25) is 0 Å². The Morgan fingerprint density at radius 3 is 2.83 bits per heavy atom. The fourth-order valence-electron chi connectivity index (χ4n) is 2.65. The zero-order valence-corrected chi connectivity index (χ0v) is 12.1. The van der Waals surface area contributed by atoms with E-state index in [4.69, 9.17) is 0 Å². The number of nitrogens with zero attached hydrogens (tertiary/aromatic N) is 1. The van der Waals surface area contributed by atoms with Crippen LogP contribution in [0.5, 0.6) is 0 Å². The van der Waals surface area contributed by atoms with Crippen molar-refractivity contribution in [2.45, 2.75) is 44.2 Å². The van der Waals surface area contributed by atoms with Gasteiger partial charge in [0.05, 0.1) is 17.0 Å². The van der Waals surface area contributed by atoms with Crippen LogP contribution in [0.2, 0.25) is 0 Å². The van der Waals surface area contributed by atoms with E-state index in [0.717, 1.165) is 36.4 Å². The molecule has 100 valence electrons. The van der Waals surface area contributed by atoms with Crippen LogP contribution in [-0.2, 0) is 15.4 Å². The van der Waals surface area contributed by atoms with E-state index in [9.17, 15) is 8.42 Å². The number of nitrogens with one attached hydrogen (secondary N) is 1. The maximum absolute atomic E-state index is 12.0. The second-order valence-electron chi connectivity index (χ2n) is 5.49. The van der Waals surface area contributed by atoms with Crippen LogP contribution in [0.1, 0.15) is 36.4 Å². The lowest BCUT2D eigenvalue weighted by molar-refractivity contribution is 0.322. The molecule has 1 N–H and O–H groups in total. The molecule has 1 saturated heterocycles. The molecule has 0 amide bonds. The number of aromatic nitrogens is 1. The molecule has 1 atom stereocenters. The second kappa shape index (κ2) is 4.28. The van der Waals surface area contributed by atoms with Crippen molar-refractivity contribution in [1.29, 1.82) is 0 Å². The van der Waals surface area contributed by atoms with Gasteiger partial charge in [0.2, 0.25) is 0 Å². The summed E-state index contributed by atoms with van der Waals surface area (Å²) in [5.74, 6) is 0.537. The van der Waals surface area contributed by atoms with Gasteiger partial charge in [0.15, 0.2) is 9.84 Å². The summed E-state index contributed by atoms with van der Waals surface area (Å²) in [6.45, 7) is 1.96. The molecule has 1 aliphatic carbocycles. The standard InChI is InChI=1S/C12H18N2O2S2/c1-9-7-17-11(13-9)12(14-10-3-4-10)5-2-6-18(15,16)8-12/h7,10,14H,2-6,8H2,1H3. The van der Waals surface area contributed by atoms with E-state index in [1.807, 2.05) is 12.3 Å². The number of aryl methyl sites for hydroxylation is 1. The molecule has 2 heterocycles. The molecule has 0 aromatic carbocycles. The van der Waals surface area contributed by atoms with E-state index in [2.05, 4.69) is 10.3 Å². The van der Waals surface area contributed by atoms with Gasteiger partial charge in [-0.2, -0.15) is 0 Å². The third-order valence-corrected chi connectivity index (χ3v) is 6.62. The SMILES string of the molecule is Cc1csc(C2(NC3CC3)CCCS(=O)(=O)C2)n1. The predicted octanol–water partition coefficient (Wildman–Crippen LogP) is 1.61. The van der Waals surface area contributed by atoms with Crippen molar-refractivity contribution in [1.82, 2.24) is 10.3 Å². The summed E-state index contributed by atoms with van der Waals surface area (Å²) < 4.78 is 24.0. The third-order valence-electron chi connectivity index (χ3n) is 3.61. The normalized spacial score (nSPS) is 31.4. The van der Waals surface area contributed by atoms with E-state index in [1.165, 1.54) is 0 Å². The Morgan fingerprint density at radius 2 is 2.28 bits per heavy atom. The van der Waals surface area contributed by atoms with Crippen LogP contribution in [0.15, 0.2) is 5.38 Å². The molecule has 2 aliphatic rings. The Balaban J connectivity index is 1.97. The molecular weight excluding hydrogens is 268 g/mol. The molecular formula is C12H18N2O2S2. The van der Waals surface area contributed by atoms with E-state index < -0.39 is 15.4 Å². The van der Waals surface area contributed by atoms with Crippen LogP contribution in [-0.4, -0.2) is 30.9 Å². The number of thiazole rings is 1. The van der Waals surface area contributed by atoms with Crippen LogP contribution in [0, 0.1) is 6.92 Å². The number of hydrogen-bond donors (Lipinski definition) is 1. The molecule has 0 radical (unpaired) electrons. The minimum absolute atomic E-state index is 0.212. The molecule has 1 aromatic rings. The van der Waals surface area contributed by atoms with E-state index in [0.29, 0.717) is 11.8 Å². The lowest BCUT2D eigenvalue weighted by Gasteiger charge is -2.36. The first kappa shape index (κ1) is 12.6.